The molecule has 2 aromatic rings. The fourth-order valence-electron chi connectivity index (χ4n) is 2.33. The Morgan fingerprint density at radius 1 is 0.963 bits per heavy atom. The van der Waals surface area contributed by atoms with Crippen LogP contribution < -0.4 is 10.6 Å². The Bertz CT molecular complexity index is 958. The van der Waals surface area contributed by atoms with Gasteiger partial charge in [0.05, 0.1) is 0 Å². The van der Waals surface area contributed by atoms with Gasteiger partial charge in [0.1, 0.15) is 0 Å². The number of hydrogen-bond donors (Lipinski definition) is 4. The van der Waals surface area contributed by atoms with E-state index in [-0.39, 0.29) is 17.8 Å². The summed E-state index contributed by atoms with van der Waals surface area (Å²) in [4.78, 5) is 34.4. The van der Waals surface area contributed by atoms with Crippen molar-refractivity contribution in [2.75, 3.05) is 5.32 Å². The first-order valence-electron chi connectivity index (χ1n) is 7.61. The molecule has 0 saturated heterocycles. The molecule has 27 heavy (non-hydrogen) atoms. The maximum atomic E-state index is 12.4. The molecule has 0 bridgehead atoms. The van der Waals surface area contributed by atoms with E-state index in [1.807, 2.05) is 0 Å². The Morgan fingerprint density at radius 3 is 2.15 bits per heavy atom. The summed E-state index contributed by atoms with van der Waals surface area (Å²) in [6.45, 7) is -0.201. The van der Waals surface area contributed by atoms with Crippen molar-refractivity contribution in [2.24, 2.45) is 0 Å². The second-order valence-electron chi connectivity index (χ2n) is 5.44. The Kier molecular flexibility index (Phi) is 6.27. The van der Waals surface area contributed by atoms with E-state index in [1.165, 1.54) is 36.4 Å². The van der Waals surface area contributed by atoms with Crippen LogP contribution in [0, 0.1) is 0 Å². The van der Waals surface area contributed by atoms with Crippen LogP contribution in [0.3, 0.4) is 0 Å². The van der Waals surface area contributed by atoms with Gasteiger partial charge in [0, 0.05) is 12.2 Å². The van der Waals surface area contributed by atoms with Crippen LogP contribution >= 0.6 is 0 Å². The standard InChI is InChI=1S/C17H16N2O7S/c20-15(14(27(24,25)26)11-6-2-1-3-7-11)18-10-12-8-4-5-9-13(12)19-16(21)17(22)23/h1-9,14H,10H2,(H,18,20)(H,19,21)(H,22,23)(H,24,25,26). The maximum Gasteiger partial charge on any atom is 0.394 e. The molecule has 0 fully saturated rings. The third-order valence-electron chi connectivity index (χ3n) is 3.55. The topological polar surface area (TPSA) is 150 Å². The maximum absolute atomic E-state index is 12.4. The molecule has 2 amide bonds. The van der Waals surface area contributed by atoms with Gasteiger partial charge in [-0.25, -0.2) is 4.79 Å². The normalized spacial score (nSPS) is 12.0. The van der Waals surface area contributed by atoms with Crippen LogP contribution in [0.25, 0.3) is 0 Å². The highest BCUT2D eigenvalue weighted by molar-refractivity contribution is 7.86. The molecular weight excluding hydrogens is 376 g/mol. The highest BCUT2D eigenvalue weighted by Crippen LogP contribution is 2.22. The summed E-state index contributed by atoms with van der Waals surface area (Å²) in [5.74, 6) is -3.90. The summed E-state index contributed by atoms with van der Waals surface area (Å²) in [5.41, 5.74) is 0.584. The lowest BCUT2D eigenvalue weighted by Gasteiger charge is -2.16. The second-order valence-corrected chi connectivity index (χ2v) is 6.94. The Morgan fingerprint density at radius 2 is 1.56 bits per heavy atom. The van der Waals surface area contributed by atoms with Crippen molar-refractivity contribution in [3.05, 3.63) is 65.7 Å². The van der Waals surface area contributed by atoms with E-state index in [0.717, 1.165) is 0 Å². The molecule has 0 aliphatic heterocycles. The van der Waals surface area contributed by atoms with Crippen LogP contribution in [0.15, 0.2) is 54.6 Å². The zero-order valence-corrected chi connectivity index (χ0v) is 14.6. The van der Waals surface area contributed by atoms with E-state index in [9.17, 15) is 27.4 Å². The van der Waals surface area contributed by atoms with Gasteiger partial charge in [-0.15, -0.1) is 0 Å². The number of carboxylic acid groups (broad SMARTS) is 1. The van der Waals surface area contributed by atoms with Crippen molar-refractivity contribution in [3.8, 4) is 0 Å². The molecule has 2 rings (SSSR count). The van der Waals surface area contributed by atoms with Gasteiger partial charge in [-0.05, 0) is 17.2 Å². The smallest absolute Gasteiger partial charge is 0.394 e. The Balaban J connectivity index is 2.19. The average Bonchev–Trinajstić information content (AvgIpc) is 2.60. The van der Waals surface area contributed by atoms with E-state index in [2.05, 4.69) is 10.6 Å². The van der Waals surface area contributed by atoms with Gasteiger partial charge in [-0.3, -0.25) is 14.1 Å². The van der Waals surface area contributed by atoms with Crippen molar-refractivity contribution >= 4 is 33.6 Å². The van der Waals surface area contributed by atoms with Crippen molar-refractivity contribution in [1.29, 1.82) is 0 Å². The van der Waals surface area contributed by atoms with E-state index in [1.54, 1.807) is 18.2 Å². The quantitative estimate of drug-likeness (QED) is 0.422. The first-order chi connectivity index (χ1) is 12.7. The number of hydrogen-bond acceptors (Lipinski definition) is 5. The lowest BCUT2D eigenvalue weighted by atomic mass is 10.1. The minimum atomic E-state index is -4.72. The molecular formula is C17H16N2O7S. The van der Waals surface area contributed by atoms with E-state index < -0.39 is 33.2 Å². The molecule has 0 radical (unpaired) electrons. The molecule has 0 aliphatic carbocycles. The number of nitrogens with one attached hydrogen (secondary N) is 2. The number of carboxylic acids is 1. The molecule has 0 saturated carbocycles. The van der Waals surface area contributed by atoms with Gasteiger partial charge in [-0.2, -0.15) is 8.42 Å². The number of aliphatic carboxylic acids is 1. The van der Waals surface area contributed by atoms with Crippen LogP contribution in [0.4, 0.5) is 5.69 Å². The number of rotatable bonds is 6. The minimum absolute atomic E-state index is 0.0879. The number of carbonyl (C=O) groups excluding carboxylic acids is 2. The van der Waals surface area contributed by atoms with Crippen LogP contribution in [0.2, 0.25) is 0 Å². The monoisotopic (exact) mass is 392 g/mol. The Labute approximate surface area is 154 Å². The van der Waals surface area contributed by atoms with Crippen LogP contribution in [0.5, 0.6) is 0 Å². The highest BCUT2D eigenvalue weighted by Gasteiger charge is 2.32. The summed E-state index contributed by atoms with van der Waals surface area (Å²) in [6, 6.07) is 13.5. The van der Waals surface area contributed by atoms with Crippen molar-refractivity contribution in [2.45, 2.75) is 11.8 Å². The van der Waals surface area contributed by atoms with Crippen molar-refractivity contribution in [1.82, 2.24) is 5.32 Å². The lowest BCUT2D eigenvalue weighted by Crippen LogP contribution is -2.33. The predicted molar refractivity (Wildman–Crippen MR) is 95.3 cm³/mol. The molecule has 0 spiro atoms. The molecule has 2 aromatic carbocycles. The molecule has 142 valence electrons. The third-order valence-corrected chi connectivity index (χ3v) is 4.63. The fourth-order valence-corrected chi connectivity index (χ4v) is 3.19. The summed E-state index contributed by atoms with van der Waals surface area (Å²) in [7, 11) is -4.72. The van der Waals surface area contributed by atoms with Crippen molar-refractivity contribution in [3.63, 3.8) is 0 Å². The molecule has 9 nitrogen and oxygen atoms in total. The summed E-state index contributed by atoms with van der Waals surface area (Å²) in [6.07, 6.45) is 0. The fraction of sp³-hybridized carbons (Fsp3) is 0.118. The molecule has 0 aliphatic rings. The summed E-state index contributed by atoms with van der Waals surface area (Å²) in [5, 5.41) is 11.4. The van der Waals surface area contributed by atoms with Gasteiger partial charge in [-0.1, -0.05) is 48.5 Å². The highest BCUT2D eigenvalue weighted by atomic mass is 32.2. The van der Waals surface area contributed by atoms with Gasteiger partial charge in [0.25, 0.3) is 10.1 Å². The molecule has 1 unspecified atom stereocenters. The zero-order chi connectivity index (χ0) is 20.0. The van der Waals surface area contributed by atoms with Crippen LogP contribution in [-0.2, 0) is 31.0 Å². The second kappa shape index (κ2) is 8.43. The molecule has 4 N–H and O–H groups in total. The zero-order valence-electron chi connectivity index (χ0n) is 13.8. The largest absolute Gasteiger partial charge is 0.474 e. The first-order valence-corrected chi connectivity index (χ1v) is 9.11. The summed E-state index contributed by atoms with van der Waals surface area (Å²) < 4.78 is 32.7. The molecule has 1 atom stereocenters. The number of benzene rings is 2. The number of anilines is 1. The van der Waals surface area contributed by atoms with Gasteiger partial charge in [0.15, 0.2) is 5.25 Å². The lowest BCUT2D eigenvalue weighted by molar-refractivity contribution is -0.147. The molecule has 10 heteroatoms. The molecule has 0 aromatic heterocycles. The number of carbonyl (C=O) groups is 3. The van der Waals surface area contributed by atoms with E-state index >= 15 is 0 Å². The van der Waals surface area contributed by atoms with Crippen molar-refractivity contribution < 1.29 is 32.5 Å². The van der Waals surface area contributed by atoms with E-state index in [0.29, 0.717) is 5.56 Å². The number of amides is 2. The first kappa shape index (κ1) is 20.1. The van der Waals surface area contributed by atoms with Crippen LogP contribution in [0.1, 0.15) is 16.4 Å². The van der Waals surface area contributed by atoms with Gasteiger partial charge in [0.2, 0.25) is 5.91 Å². The SMILES string of the molecule is O=C(O)C(=O)Nc1ccccc1CNC(=O)C(c1ccccc1)S(=O)(=O)O. The minimum Gasteiger partial charge on any atom is -0.474 e. The van der Waals surface area contributed by atoms with Crippen LogP contribution in [-0.4, -0.2) is 35.9 Å². The Hall–Kier alpha value is -3.24. The predicted octanol–water partition coefficient (Wildman–Crippen LogP) is 0.955. The van der Waals surface area contributed by atoms with E-state index in [4.69, 9.17) is 5.11 Å². The number of para-hydroxylation sites is 1. The summed E-state index contributed by atoms with van der Waals surface area (Å²) >= 11 is 0. The van der Waals surface area contributed by atoms with Gasteiger partial charge < -0.3 is 15.7 Å². The average molecular weight is 392 g/mol. The molecule has 0 heterocycles. The van der Waals surface area contributed by atoms with Gasteiger partial charge >= 0.3 is 11.9 Å². The third kappa shape index (κ3) is 5.36.